The van der Waals surface area contributed by atoms with Crippen LogP contribution >= 0.6 is 0 Å². The van der Waals surface area contributed by atoms with Crippen LogP contribution in [0.15, 0.2) is 24.3 Å². The molecule has 0 fully saturated rings. The van der Waals surface area contributed by atoms with E-state index in [0.29, 0.717) is 13.6 Å². The van der Waals surface area contributed by atoms with Gasteiger partial charge in [0.2, 0.25) is 13.6 Å². The highest BCUT2D eigenvalue weighted by molar-refractivity contribution is 5.58. The van der Waals surface area contributed by atoms with Crippen LogP contribution in [-0.4, -0.2) is 25.0 Å². The summed E-state index contributed by atoms with van der Waals surface area (Å²) in [6, 6.07) is 8.64. The number of hydrogen-bond acceptors (Lipinski definition) is 5. The topological polar surface area (TPSA) is 40.2 Å². The Kier molecular flexibility index (Phi) is 2.30. The summed E-state index contributed by atoms with van der Waals surface area (Å²) in [5.41, 5.74) is 2.64. The number of nitrogens with zero attached hydrogens (tertiary/aromatic N) is 1. The monoisotopic (exact) mass is 321 g/mol. The zero-order valence-electron chi connectivity index (χ0n) is 13.0. The van der Waals surface area contributed by atoms with Gasteiger partial charge >= 0.3 is 0 Å². The molecule has 0 saturated heterocycles. The Balaban J connectivity index is 1.54. The van der Waals surface area contributed by atoms with Crippen LogP contribution in [0.1, 0.15) is 17.2 Å². The van der Waals surface area contributed by atoms with Gasteiger partial charge in [0.05, 0.1) is 6.04 Å². The molecule has 4 aliphatic heterocycles. The maximum atomic E-state index is 5.57. The van der Waals surface area contributed by atoms with Crippen LogP contribution in [-0.2, 0) is 6.42 Å². The largest absolute Gasteiger partial charge is 0.454 e. The highest BCUT2D eigenvalue weighted by Gasteiger charge is 2.29. The summed E-state index contributed by atoms with van der Waals surface area (Å²) >= 11 is 0. The summed E-state index contributed by atoms with van der Waals surface area (Å²) in [5, 5.41) is 2.37. The van der Waals surface area contributed by atoms with Crippen LogP contribution in [0.4, 0.5) is 0 Å². The van der Waals surface area contributed by atoms with E-state index in [4.69, 9.17) is 18.9 Å². The van der Waals surface area contributed by atoms with Crippen molar-refractivity contribution in [1.82, 2.24) is 4.90 Å². The highest BCUT2D eigenvalue weighted by Crippen LogP contribution is 2.41. The van der Waals surface area contributed by atoms with E-state index in [-0.39, 0.29) is 6.04 Å². The molecule has 2 aromatic carbocycles. The fourth-order valence-corrected chi connectivity index (χ4v) is 3.97. The molecular formula is C19H15NO4. The minimum atomic E-state index is 0.219. The van der Waals surface area contributed by atoms with Gasteiger partial charge < -0.3 is 23.8 Å². The zero-order chi connectivity index (χ0) is 15.7. The van der Waals surface area contributed by atoms with Crippen molar-refractivity contribution in [2.75, 3.05) is 20.1 Å². The standard InChI is InChI=1S/C19H15NO4/c1-2-20-8-13-6-18-17(22-9-23-18)5-12(13)3-15(20)14-7-19-16(4-11(1)14)21-10-24-19/h3-8,15H,1-2,9-10H2. The fourth-order valence-electron chi connectivity index (χ4n) is 3.97. The van der Waals surface area contributed by atoms with E-state index in [1.54, 1.807) is 0 Å². The molecule has 0 bridgehead atoms. The van der Waals surface area contributed by atoms with Gasteiger partial charge in [0.15, 0.2) is 23.0 Å². The fraction of sp³-hybridized carbons (Fsp3) is 0.263. The Morgan fingerprint density at radius 2 is 1.46 bits per heavy atom. The summed E-state index contributed by atoms with van der Waals surface area (Å²) in [7, 11) is 0. The number of ether oxygens (including phenoxy) is 4. The number of rotatable bonds is 0. The van der Waals surface area contributed by atoms with E-state index in [1.165, 1.54) is 21.6 Å². The van der Waals surface area contributed by atoms with Gasteiger partial charge in [-0.25, -0.2) is 0 Å². The lowest BCUT2D eigenvalue weighted by Crippen LogP contribution is -2.40. The molecule has 2 aromatic rings. The van der Waals surface area contributed by atoms with Gasteiger partial charge in [-0.05, 0) is 53.1 Å². The highest BCUT2D eigenvalue weighted by atomic mass is 16.7. The lowest BCUT2D eigenvalue weighted by atomic mass is 9.90. The molecule has 0 saturated carbocycles. The van der Waals surface area contributed by atoms with Gasteiger partial charge in [-0.15, -0.1) is 0 Å². The number of hydrogen-bond donors (Lipinski definition) is 0. The summed E-state index contributed by atoms with van der Waals surface area (Å²) < 4.78 is 22.1. The molecule has 5 nitrogen and oxygen atoms in total. The van der Waals surface area contributed by atoms with Crippen LogP contribution in [0.5, 0.6) is 23.0 Å². The van der Waals surface area contributed by atoms with E-state index in [0.717, 1.165) is 36.0 Å². The molecule has 0 N–H and O–H groups in total. The van der Waals surface area contributed by atoms with Crippen LogP contribution in [0, 0.1) is 0 Å². The van der Waals surface area contributed by atoms with Crippen molar-refractivity contribution in [1.29, 1.82) is 0 Å². The normalized spacial score (nSPS) is 21.3. The van der Waals surface area contributed by atoms with Gasteiger partial charge in [-0.2, -0.15) is 0 Å². The second kappa shape index (κ2) is 4.38. The number of benzene rings is 2. The maximum Gasteiger partial charge on any atom is 0.231 e. The van der Waals surface area contributed by atoms with Gasteiger partial charge in [0.25, 0.3) is 0 Å². The first-order valence-electron chi connectivity index (χ1n) is 8.17. The van der Waals surface area contributed by atoms with E-state index in [2.05, 4.69) is 41.4 Å². The first-order chi connectivity index (χ1) is 11.8. The van der Waals surface area contributed by atoms with Crippen molar-refractivity contribution < 1.29 is 18.9 Å². The third-order valence-corrected chi connectivity index (χ3v) is 5.17. The molecule has 120 valence electrons. The summed E-state index contributed by atoms with van der Waals surface area (Å²) in [4.78, 5) is 2.38. The molecule has 6 rings (SSSR count). The maximum absolute atomic E-state index is 5.57. The van der Waals surface area contributed by atoms with Crippen LogP contribution in [0.25, 0.3) is 12.3 Å². The third-order valence-electron chi connectivity index (χ3n) is 5.17. The van der Waals surface area contributed by atoms with Crippen molar-refractivity contribution in [3.63, 3.8) is 0 Å². The van der Waals surface area contributed by atoms with E-state index < -0.39 is 0 Å². The molecule has 0 spiro atoms. The lowest BCUT2D eigenvalue weighted by Gasteiger charge is -2.36. The predicted molar refractivity (Wildman–Crippen MR) is 86.5 cm³/mol. The molecule has 4 heterocycles. The molecular weight excluding hydrogens is 306 g/mol. The Hall–Kier alpha value is -2.82. The quantitative estimate of drug-likeness (QED) is 0.731. The molecule has 0 aromatic heterocycles. The molecule has 1 unspecified atom stereocenters. The molecule has 24 heavy (non-hydrogen) atoms. The zero-order valence-corrected chi connectivity index (χ0v) is 13.0. The Morgan fingerprint density at radius 3 is 2.25 bits per heavy atom. The second-order valence-electron chi connectivity index (χ2n) is 6.47. The molecule has 0 aliphatic carbocycles. The number of fused-ring (bicyclic) bond motifs is 6. The molecule has 0 radical (unpaired) electrons. The van der Waals surface area contributed by atoms with E-state index in [1.807, 2.05) is 0 Å². The second-order valence-corrected chi connectivity index (χ2v) is 6.47. The van der Waals surface area contributed by atoms with Crippen LogP contribution < -0.4 is 29.4 Å². The minimum Gasteiger partial charge on any atom is -0.454 e. The van der Waals surface area contributed by atoms with E-state index >= 15 is 0 Å². The van der Waals surface area contributed by atoms with Gasteiger partial charge in [-0.1, -0.05) is 0 Å². The molecule has 4 aliphatic rings. The van der Waals surface area contributed by atoms with Gasteiger partial charge in [0, 0.05) is 18.0 Å². The van der Waals surface area contributed by atoms with Crippen molar-refractivity contribution in [3.05, 3.63) is 45.8 Å². The summed E-state index contributed by atoms with van der Waals surface area (Å²) in [6.07, 6.45) is 5.54. The molecule has 0 amide bonds. The van der Waals surface area contributed by atoms with Gasteiger partial charge in [-0.3, -0.25) is 0 Å². The summed E-state index contributed by atoms with van der Waals surface area (Å²) in [6.45, 7) is 1.61. The summed E-state index contributed by atoms with van der Waals surface area (Å²) in [5.74, 6) is 3.37. The molecule has 5 heteroatoms. The molecule has 1 atom stereocenters. The van der Waals surface area contributed by atoms with Crippen LogP contribution in [0.2, 0.25) is 0 Å². The SMILES string of the molecule is C1=c2cc3c(cc2=CN2CCc4cc5c(cc4C12)OCO5)OCO3. The minimum absolute atomic E-state index is 0.219. The first kappa shape index (κ1) is 12.6. The Labute approximate surface area is 138 Å². The lowest BCUT2D eigenvalue weighted by molar-refractivity contribution is 0.173. The Bertz CT molecular complexity index is 997. The van der Waals surface area contributed by atoms with Crippen molar-refractivity contribution >= 4 is 12.3 Å². The van der Waals surface area contributed by atoms with Crippen molar-refractivity contribution in [2.24, 2.45) is 0 Å². The van der Waals surface area contributed by atoms with Crippen LogP contribution in [0.3, 0.4) is 0 Å². The van der Waals surface area contributed by atoms with Crippen molar-refractivity contribution in [2.45, 2.75) is 12.5 Å². The Morgan fingerprint density at radius 1 is 0.792 bits per heavy atom. The first-order valence-corrected chi connectivity index (χ1v) is 8.17. The van der Waals surface area contributed by atoms with Gasteiger partial charge in [0.1, 0.15) is 0 Å². The average molecular weight is 321 g/mol. The smallest absolute Gasteiger partial charge is 0.231 e. The average Bonchev–Trinajstić information content (AvgIpc) is 3.24. The van der Waals surface area contributed by atoms with E-state index in [9.17, 15) is 0 Å². The van der Waals surface area contributed by atoms with Crippen molar-refractivity contribution in [3.8, 4) is 23.0 Å². The predicted octanol–water partition coefficient (Wildman–Crippen LogP) is 1.28. The third kappa shape index (κ3) is 1.64.